The summed E-state index contributed by atoms with van der Waals surface area (Å²) in [6, 6.07) is 1.98. The molecule has 1 unspecified atom stereocenters. The van der Waals surface area contributed by atoms with E-state index in [1.54, 1.807) is 12.5 Å². The highest BCUT2D eigenvalue weighted by Crippen LogP contribution is 2.35. The van der Waals surface area contributed by atoms with Gasteiger partial charge in [-0.05, 0) is 26.0 Å². The molecule has 1 aromatic rings. The SMILES string of the molecule is CN(Cc1ccoc1)CC1CCCC(C)(C)C1=O. The van der Waals surface area contributed by atoms with Crippen LogP contribution in [-0.2, 0) is 11.3 Å². The molecule has 0 N–H and O–H groups in total. The third-order valence-electron chi connectivity index (χ3n) is 3.96. The zero-order chi connectivity index (χ0) is 13.2. The summed E-state index contributed by atoms with van der Waals surface area (Å²) in [6.45, 7) is 5.86. The van der Waals surface area contributed by atoms with E-state index in [-0.39, 0.29) is 11.3 Å². The van der Waals surface area contributed by atoms with Crippen molar-refractivity contribution in [3.8, 4) is 0 Å². The Kier molecular flexibility index (Phi) is 3.91. The maximum Gasteiger partial charge on any atom is 0.142 e. The van der Waals surface area contributed by atoms with Crippen LogP contribution >= 0.6 is 0 Å². The summed E-state index contributed by atoms with van der Waals surface area (Å²) in [4.78, 5) is 14.6. The fourth-order valence-corrected chi connectivity index (χ4v) is 2.91. The van der Waals surface area contributed by atoms with E-state index >= 15 is 0 Å². The van der Waals surface area contributed by atoms with E-state index in [1.807, 2.05) is 6.07 Å². The molecule has 3 heteroatoms. The lowest BCUT2D eigenvalue weighted by atomic mass is 9.71. The molecule has 0 aliphatic heterocycles. The Morgan fingerprint density at radius 3 is 2.94 bits per heavy atom. The molecule has 1 aromatic heterocycles. The number of ketones is 1. The normalized spacial score (nSPS) is 23.6. The summed E-state index contributed by atoms with van der Waals surface area (Å²) in [5.41, 5.74) is 1.04. The molecule has 0 spiro atoms. The molecule has 1 saturated carbocycles. The molecule has 0 radical (unpaired) electrons. The Labute approximate surface area is 109 Å². The van der Waals surface area contributed by atoms with Crippen molar-refractivity contribution in [3.63, 3.8) is 0 Å². The summed E-state index contributed by atoms with van der Waals surface area (Å²) in [5.74, 6) is 0.637. The van der Waals surface area contributed by atoms with Gasteiger partial charge in [0.2, 0.25) is 0 Å². The molecule has 1 aliphatic rings. The predicted molar refractivity (Wildman–Crippen MR) is 71.2 cm³/mol. The number of Topliss-reactive ketones (excluding diaryl/α,β-unsaturated/α-hetero) is 1. The first-order valence-electron chi connectivity index (χ1n) is 6.73. The summed E-state index contributed by atoms with van der Waals surface area (Å²) in [6.07, 6.45) is 6.70. The number of rotatable bonds is 4. The fourth-order valence-electron chi connectivity index (χ4n) is 2.91. The van der Waals surface area contributed by atoms with Crippen LogP contribution in [0.3, 0.4) is 0 Å². The summed E-state index contributed by atoms with van der Waals surface area (Å²) < 4.78 is 5.07. The minimum Gasteiger partial charge on any atom is -0.472 e. The van der Waals surface area contributed by atoms with Gasteiger partial charge in [0, 0.05) is 30.0 Å². The molecular weight excluding hydrogens is 226 g/mol. The fraction of sp³-hybridized carbons (Fsp3) is 0.667. The Balaban J connectivity index is 1.90. The van der Waals surface area contributed by atoms with Crippen LogP contribution in [0.2, 0.25) is 0 Å². The van der Waals surface area contributed by atoms with Gasteiger partial charge in [-0.15, -0.1) is 0 Å². The van der Waals surface area contributed by atoms with E-state index in [2.05, 4.69) is 25.8 Å². The van der Waals surface area contributed by atoms with E-state index in [9.17, 15) is 4.79 Å². The van der Waals surface area contributed by atoms with Crippen LogP contribution in [-0.4, -0.2) is 24.3 Å². The Morgan fingerprint density at radius 1 is 1.50 bits per heavy atom. The summed E-state index contributed by atoms with van der Waals surface area (Å²) >= 11 is 0. The van der Waals surface area contributed by atoms with Crippen molar-refractivity contribution in [2.45, 2.75) is 39.7 Å². The van der Waals surface area contributed by atoms with Crippen molar-refractivity contribution in [2.24, 2.45) is 11.3 Å². The first-order valence-corrected chi connectivity index (χ1v) is 6.73. The minimum atomic E-state index is -0.126. The minimum absolute atomic E-state index is 0.126. The molecular formula is C15H23NO2. The third kappa shape index (κ3) is 3.02. The number of hydrogen-bond acceptors (Lipinski definition) is 3. The lowest BCUT2D eigenvalue weighted by molar-refractivity contribution is -0.134. The van der Waals surface area contributed by atoms with Gasteiger partial charge in [0.15, 0.2) is 0 Å². The second-order valence-electron chi connectivity index (χ2n) is 6.17. The van der Waals surface area contributed by atoms with E-state index in [4.69, 9.17) is 4.42 Å². The van der Waals surface area contributed by atoms with Crippen LogP contribution in [0.5, 0.6) is 0 Å². The van der Waals surface area contributed by atoms with Crippen molar-refractivity contribution in [2.75, 3.05) is 13.6 Å². The zero-order valence-corrected chi connectivity index (χ0v) is 11.6. The van der Waals surface area contributed by atoms with E-state index < -0.39 is 0 Å². The van der Waals surface area contributed by atoms with Gasteiger partial charge in [-0.1, -0.05) is 20.3 Å². The standard InChI is InChI=1S/C15H23NO2/c1-15(2)7-4-5-13(14(15)17)10-16(3)9-12-6-8-18-11-12/h6,8,11,13H,4-5,7,9-10H2,1-3H3. The van der Waals surface area contributed by atoms with Gasteiger partial charge < -0.3 is 9.32 Å². The molecule has 0 aromatic carbocycles. The van der Waals surface area contributed by atoms with Crippen molar-refractivity contribution >= 4 is 5.78 Å². The molecule has 0 saturated heterocycles. The Morgan fingerprint density at radius 2 is 2.28 bits per heavy atom. The highest BCUT2D eigenvalue weighted by molar-refractivity contribution is 5.87. The van der Waals surface area contributed by atoms with Gasteiger partial charge in [0.1, 0.15) is 5.78 Å². The Bertz CT molecular complexity index is 395. The highest BCUT2D eigenvalue weighted by Gasteiger charge is 2.37. The first kappa shape index (κ1) is 13.3. The maximum absolute atomic E-state index is 12.3. The number of hydrogen-bond donors (Lipinski definition) is 0. The lowest BCUT2D eigenvalue weighted by Gasteiger charge is -2.35. The van der Waals surface area contributed by atoms with Gasteiger partial charge in [0.05, 0.1) is 12.5 Å². The molecule has 0 amide bonds. The van der Waals surface area contributed by atoms with Crippen molar-refractivity contribution in [1.29, 1.82) is 0 Å². The van der Waals surface area contributed by atoms with Crippen LogP contribution in [0.4, 0.5) is 0 Å². The van der Waals surface area contributed by atoms with Gasteiger partial charge in [-0.3, -0.25) is 4.79 Å². The third-order valence-corrected chi connectivity index (χ3v) is 3.96. The summed E-state index contributed by atoms with van der Waals surface area (Å²) in [7, 11) is 2.07. The average molecular weight is 249 g/mol. The zero-order valence-electron chi connectivity index (χ0n) is 11.6. The van der Waals surface area contributed by atoms with Gasteiger partial charge >= 0.3 is 0 Å². The molecule has 2 rings (SSSR count). The van der Waals surface area contributed by atoms with Gasteiger partial charge in [0.25, 0.3) is 0 Å². The second-order valence-corrected chi connectivity index (χ2v) is 6.17. The van der Waals surface area contributed by atoms with E-state index in [1.165, 1.54) is 12.0 Å². The predicted octanol–water partition coefficient (Wildman–Crippen LogP) is 3.11. The molecule has 1 fully saturated rings. The smallest absolute Gasteiger partial charge is 0.142 e. The van der Waals surface area contributed by atoms with E-state index in [0.717, 1.165) is 25.9 Å². The van der Waals surface area contributed by atoms with E-state index in [0.29, 0.717) is 5.78 Å². The highest BCUT2D eigenvalue weighted by atomic mass is 16.3. The molecule has 18 heavy (non-hydrogen) atoms. The maximum atomic E-state index is 12.3. The number of nitrogens with zero attached hydrogens (tertiary/aromatic N) is 1. The summed E-state index contributed by atoms with van der Waals surface area (Å²) in [5, 5.41) is 0. The monoisotopic (exact) mass is 249 g/mol. The number of carbonyl (C=O) groups is 1. The molecule has 0 bridgehead atoms. The van der Waals surface area contributed by atoms with Crippen LogP contribution in [0, 0.1) is 11.3 Å². The average Bonchev–Trinajstić information content (AvgIpc) is 2.77. The molecule has 1 atom stereocenters. The lowest BCUT2D eigenvalue weighted by Crippen LogP contribution is -2.40. The van der Waals surface area contributed by atoms with Crippen molar-refractivity contribution in [3.05, 3.63) is 24.2 Å². The largest absolute Gasteiger partial charge is 0.472 e. The Hall–Kier alpha value is -1.09. The van der Waals surface area contributed by atoms with Crippen LogP contribution in [0.1, 0.15) is 38.7 Å². The molecule has 3 nitrogen and oxygen atoms in total. The second kappa shape index (κ2) is 5.27. The van der Waals surface area contributed by atoms with Gasteiger partial charge in [-0.25, -0.2) is 0 Å². The van der Waals surface area contributed by atoms with Crippen LogP contribution < -0.4 is 0 Å². The van der Waals surface area contributed by atoms with Crippen molar-refractivity contribution < 1.29 is 9.21 Å². The molecule has 1 heterocycles. The quantitative estimate of drug-likeness (QED) is 0.822. The number of furan rings is 1. The van der Waals surface area contributed by atoms with Crippen LogP contribution in [0.25, 0.3) is 0 Å². The van der Waals surface area contributed by atoms with Gasteiger partial charge in [-0.2, -0.15) is 0 Å². The topological polar surface area (TPSA) is 33.5 Å². The first-order chi connectivity index (χ1) is 8.49. The van der Waals surface area contributed by atoms with Crippen molar-refractivity contribution in [1.82, 2.24) is 4.90 Å². The van der Waals surface area contributed by atoms with Crippen LogP contribution in [0.15, 0.2) is 23.0 Å². The number of carbonyl (C=O) groups excluding carboxylic acids is 1. The molecule has 100 valence electrons. The molecule has 1 aliphatic carbocycles.